The monoisotopic (exact) mass is 492 g/mol. The molecule has 1 fully saturated rings. The number of nitrogens with zero attached hydrogens (tertiary/aromatic N) is 2. The molecule has 11 heteroatoms. The first kappa shape index (κ1) is 23.3. The van der Waals surface area contributed by atoms with Gasteiger partial charge in [0.2, 0.25) is 11.8 Å². The molecule has 186 valence electrons. The van der Waals surface area contributed by atoms with Crippen LogP contribution in [0.15, 0.2) is 40.9 Å². The van der Waals surface area contributed by atoms with Gasteiger partial charge in [0, 0.05) is 43.0 Å². The summed E-state index contributed by atoms with van der Waals surface area (Å²) in [6, 6.07) is 8.53. The lowest BCUT2D eigenvalue weighted by Crippen LogP contribution is -2.46. The Morgan fingerprint density at radius 3 is 2.81 bits per heavy atom. The number of benzene rings is 1. The molecule has 2 aliphatic rings. The minimum Gasteiger partial charge on any atom is -0.497 e. The van der Waals surface area contributed by atoms with Crippen LogP contribution in [0.2, 0.25) is 0 Å². The topological polar surface area (TPSA) is 140 Å². The predicted molar refractivity (Wildman–Crippen MR) is 125 cm³/mol. The van der Waals surface area contributed by atoms with E-state index in [-0.39, 0.29) is 31.2 Å². The van der Waals surface area contributed by atoms with Gasteiger partial charge in [0.15, 0.2) is 5.58 Å². The number of alkyl carbamates (subject to hydrolysis) is 1. The molecule has 2 N–H and O–H groups in total. The van der Waals surface area contributed by atoms with Crippen LogP contribution >= 0.6 is 0 Å². The van der Waals surface area contributed by atoms with Gasteiger partial charge in [-0.3, -0.25) is 24.7 Å². The van der Waals surface area contributed by atoms with Gasteiger partial charge in [-0.25, -0.2) is 4.79 Å². The zero-order chi connectivity index (χ0) is 25.4. The number of carbonyl (C=O) groups is 4. The third kappa shape index (κ3) is 4.02. The van der Waals surface area contributed by atoms with E-state index in [9.17, 15) is 19.2 Å². The SMILES string of the molecule is CCNC(=O)OCc1cnc2cc([C@]3(CN4Cc5ccc(OC)cc5C4=O)CC(=O)NC3=O)oc2c1. The molecule has 11 nitrogen and oxygen atoms in total. The molecular weight excluding hydrogens is 468 g/mol. The van der Waals surface area contributed by atoms with Crippen LogP contribution in [0, 0.1) is 0 Å². The van der Waals surface area contributed by atoms with Gasteiger partial charge in [0.25, 0.3) is 5.91 Å². The number of imide groups is 1. The summed E-state index contributed by atoms with van der Waals surface area (Å²) in [5.74, 6) is -0.448. The Labute approximate surface area is 205 Å². The zero-order valence-corrected chi connectivity index (χ0v) is 19.8. The van der Waals surface area contributed by atoms with Crippen molar-refractivity contribution in [1.82, 2.24) is 20.5 Å². The summed E-state index contributed by atoms with van der Waals surface area (Å²) in [5.41, 5.74) is 1.33. The fourth-order valence-corrected chi connectivity index (χ4v) is 4.59. The number of pyridine rings is 1. The van der Waals surface area contributed by atoms with Gasteiger partial charge in [0.1, 0.15) is 29.0 Å². The molecule has 2 aromatic heterocycles. The summed E-state index contributed by atoms with van der Waals surface area (Å²) in [4.78, 5) is 56.1. The highest BCUT2D eigenvalue weighted by Gasteiger charge is 2.53. The fourth-order valence-electron chi connectivity index (χ4n) is 4.59. The molecule has 1 saturated heterocycles. The first-order valence-electron chi connectivity index (χ1n) is 11.4. The van der Waals surface area contributed by atoms with Crippen LogP contribution in [0.3, 0.4) is 0 Å². The van der Waals surface area contributed by atoms with E-state index in [0.717, 1.165) is 5.56 Å². The van der Waals surface area contributed by atoms with Gasteiger partial charge in [0.05, 0.1) is 13.5 Å². The molecule has 3 aromatic rings. The second-order valence-electron chi connectivity index (χ2n) is 8.76. The van der Waals surface area contributed by atoms with E-state index < -0.39 is 23.3 Å². The van der Waals surface area contributed by atoms with Crippen LogP contribution in [-0.2, 0) is 32.9 Å². The van der Waals surface area contributed by atoms with Crippen molar-refractivity contribution in [2.45, 2.75) is 31.9 Å². The molecule has 1 atom stereocenters. The lowest BCUT2D eigenvalue weighted by atomic mass is 9.82. The summed E-state index contributed by atoms with van der Waals surface area (Å²) >= 11 is 0. The number of aromatic nitrogens is 1. The maximum atomic E-state index is 13.2. The largest absolute Gasteiger partial charge is 0.497 e. The van der Waals surface area contributed by atoms with Crippen molar-refractivity contribution in [3.8, 4) is 5.75 Å². The highest BCUT2D eigenvalue weighted by atomic mass is 16.5. The van der Waals surface area contributed by atoms with E-state index in [1.165, 1.54) is 12.0 Å². The summed E-state index contributed by atoms with van der Waals surface area (Å²) in [6.45, 7) is 2.45. The van der Waals surface area contributed by atoms with Gasteiger partial charge in [-0.2, -0.15) is 0 Å². The summed E-state index contributed by atoms with van der Waals surface area (Å²) < 4.78 is 16.4. The Morgan fingerprint density at radius 1 is 1.25 bits per heavy atom. The van der Waals surface area contributed by atoms with Crippen molar-refractivity contribution in [2.24, 2.45) is 0 Å². The number of amides is 4. The minimum absolute atomic E-state index is 0.0150. The number of ether oxygens (including phenoxy) is 2. The smallest absolute Gasteiger partial charge is 0.407 e. The van der Waals surface area contributed by atoms with Crippen LogP contribution in [0.4, 0.5) is 4.79 Å². The van der Waals surface area contributed by atoms with Crippen molar-refractivity contribution in [1.29, 1.82) is 0 Å². The Bertz CT molecular complexity index is 1400. The molecular formula is C25H24N4O7. The number of hydrogen-bond donors (Lipinski definition) is 2. The third-order valence-corrected chi connectivity index (χ3v) is 6.40. The minimum atomic E-state index is -1.41. The lowest BCUT2D eigenvalue weighted by molar-refractivity contribution is -0.127. The van der Waals surface area contributed by atoms with Crippen LogP contribution < -0.4 is 15.4 Å². The van der Waals surface area contributed by atoms with Crippen molar-refractivity contribution >= 4 is 34.9 Å². The molecule has 0 bridgehead atoms. The van der Waals surface area contributed by atoms with E-state index in [2.05, 4.69) is 15.6 Å². The summed E-state index contributed by atoms with van der Waals surface area (Å²) in [5, 5.41) is 4.89. The fraction of sp³-hybridized carbons (Fsp3) is 0.320. The first-order chi connectivity index (χ1) is 17.3. The molecule has 0 spiro atoms. The number of carbonyl (C=O) groups excluding carboxylic acids is 4. The predicted octanol–water partition coefficient (Wildman–Crippen LogP) is 2.02. The van der Waals surface area contributed by atoms with Gasteiger partial charge in [-0.05, 0) is 30.7 Å². The number of furan rings is 1. The molecule has 36 heavy (non-hydrogen) atoms. The maximum Gasteiger partial charge on any atom is 0.407 e. The highest BCUT2D eigenvalue weighted by molar-refractivity contribution is 6.10. The molecule has 0 aliphatic carbocycles. The Morgan fingerprint density at radius 2 is 2.08 bits per heavy atom. The molecule has 2 aliphatic heterocycles. The molecule has 0 unspecified atom stereocenters. The normalized spacial score (nSPS) is 18.9. The quantitative estimate of drug-likeness (QED) is 0.478. The van der Waals surface area contributed by atoms with E-state index in [4.69, 9.17) is 13.9 Å². The molecule has 0 saturated carbocycles. The molecule has 4 amide bonds. The van der Waals surface area contributed by atoms with Gasteiger partial charge < -0.3 is 24.1 Å². The summed E-state index contributed by atoms with van der Waals surface area (Å²) in [6.07, 6.45) is 0.829. The molecule has 4 heterocycles. The van der Waals surface area contributed by atoms with Gasteiger partial charge in [-0.1, -0.05) is 6.07 Å². The average molecular weight is 492 g/mol. The van der Waals surface area contributed by atoms with Crippen molar-refractivity contribution in [2.75, 3.05) is 20.2 Å². The standard InChI is InChI=1S/C25H24N4O7/c1-3-26-24(33)35-12-14-6-19-18(27-10-14)8-20(36-19)25(9-21(30)28-23(25)32)13-29-11-15-4-5-16(34-2)7-17(15)22(29)31/h4-8,10H,3,9,11-13H2,1-2H3,(H,26,33)(H,28,30,32)/t25-/m1/s1. The number of hydrogen-bond acceptors (Lipinski definition) is 8. The maximum absolute atomic E-state index is 13.2. The Balaban J connectivity index is 1.44. The summed E-state index contributed by atoms with van der Waals surface area (Å²) in [7, 11) is 1.52. The van der Waals surface area contributed by atoms with Crippen molar-refractivity contribution in [3.05, 3.63) is 59.0 Å². The van der Waals surface area contributed by atoms with E-state index >= 15 is 0 Å². The molecule has 0 radical (unpaired) electrons. The average Bonchev–Trinajstić information content (AvgIpc) is 3.51. The van der Waals surface area contributed by atoms with Crippen LogP contribution in [-0.4, -0.2) is 53.9 Å². The van der Waals surface area contributed by atoms with Crippen molar-refractivity contribution < 1.29 is 33.1 Å². The van der Waals surface area contributed by atoms with E-state index in [1.54, 1.807) is 37.4 Å². The van der Waals surface area contributed by atoms with Crippen LogP contribution in [0.25, 0.3) is 11.1 Å². The third-order valence-electron chi connectivity index (χ3n) is 6.40. The van der Waals surface area contributed by atoms with Crippen molar-refractivity contribution in [3.63, 3.8) is 0 Å². The number of fused-ring (bicyclic) bond motifs is 2. The van der Waals surface area contributed by atoms with E-state index in [1.807, 2.05) is 6.07 Å². The Hall–Kier alpha value is -4.41. The van der Waals surface area contributed by atoms with Crippen LogP contribution in [0.1, 0.15) is 40.6 Å². The van der Waals surface area contributed by atoms with Crippen LogP contribution in [0.5, 0.6) is 5.75 Å². The number of rotatable bonds is 7. The van der Waals surface area contributed by atoms with Gasteiger partial charge in [-0.15, -0.1) is 0 Å². The first-order valence-corrected chi connectivity index (χ1v) is 11.4. The van der Waals surface area contributed by atoms with E-state index in [0.29, 0.717) is 41.1 Å². The number of nitrogens with one attached hydrogen (secondary N) is 2. The number of methoxy groups -OCH3 is 1. The molecule has 5 rings (SSSR count). The lowest BCUT2D eigenvalue weighted by Gasteiger charge is -2.28. The second kappa shape index (κ2) is 8.99. The van der Waals surface area contributed by atoms with Gasteiger partial charge >= 0.3 is 6.09 Å². The molecule has 1 aromatic carbocycles. The zero-order valence-electron chi connectivity index (χ0n) is 19.8. The second-order valence-corrected chi connectivity index (χ2v) is 8.76. The Kier molecular flexibility index (Phi) is 5.83. The highest BCUT2D eigenvalue weighted by Crippen LogP contribution is 2.39.